The van der Waals surface area contributed by atoms with Crippen molar-refractivity contribution in [3.8, 4) is 17.2 Å². The number of methoxy groups -OCH3 is 2. The maximum atomic E-state index is 5.87. The normalized spacial score (nSPS) is 11.8. The molecule has 112 valence electrons. The lowest BCUT2D eigenvalue weighted by atomic mass is 10.1. The van der Waals surface area contributed by atoms with E-state index in [2.05, 4.69) is 0 Å². The largest absolute Gasteiger partial charge is 0.497 e. The molecule has 0 bridgehead atoms. The van der Waals surface area contributed by atoms with Gasteiger partial charge in [-0.25, -0.2) is 0 Å². The standard InChI is InChI=1S/C17H21NO3/c1-12(18)14-6-9-16(17(10-14)20-3)21-11-13-4-7-15(19-2)8-5-13/h4-10,12H,11,18H2,1-3H3/t12-/m0/s1. The lowest BCUT2D eigenvalue weighted by Crippen LogP contribution is -2.05. The van der Waals surface area contributed by atoms with Gasteiger partial charge in [-0.05, 0) is 42.3 Å². The van der Waals surface area contributed by atoms with E-state index in [0.29, 0.717) is 18.1 Å². The zero-order chi connectivity index (χ0) is 15.2. The second kappa shape index (κ2) is 6.99. The van der Waals surface area contributed by atoms with Crippen LogP contribution in [0, 0.1) is 0 Å². The highest BCUT2D eigenvalue weighted by Gasteiger charge is 2.08. The minimum Gasteiger partial charge on any atom is -0.497 e. The molecular formula is C17H21NO3. The molecule has 2 N–H and O–H groups in total. The molecule has 4 heteroatoms. The summed E-state index contributed by atoms with van der Waals surface area (Å²) in [6, 6.07) is 13.5. The Balaban J connectivity index is 2.08. The third-order valence-corrected chi connectivity index (χ3v) is 3.27. The first kappa shape index (κ1) is 15.2. The molecule has 0 amide bonds. The predicted molar refractivity (Wildman–Crippen MR) is 82.9 cm³/mol. The van der Waals surface area contributed by atoms with Crippen LogP contribution < -0.4 is 19.9 Å². The molecule has 0 saturated carbocycles. The summed E-state index contributed by atoms with van der Waals surface area (Å²) in [4.78, 5) is 0. The Morgan fingerprint density at radius 1 is 0.952 bits per heavy atom. The summed E-state index contributed by atoms with van der Waals surface area (Å²) in [7, 11) is 3.27. The highest BCUT2D eigenvalue weighted by atomic mass is 16.5. The average Bonchev–Trinajstić information content (AvgIpc) is 2.53. The third kappa shape index (κ3) is 3.89. The maximum absolute atomic E-state index is 5.87. The zero-order valence-corrected chi connectivity index (χ0v) is 12.6. The average molecular weight is 287 g/mol. The molecular weight excluding hydrogens is 266 g/mol. The molecule has 4 nitrogen and oxygen atoms in total. The van der Waals surface area contributed by atoms with Crippen molar-refractivity contribution >= 4 is 0 Å². The van der Waals surface area contributed by atoms with E-state index in [1.54, 1.807) is 14.2 Å². The molecule has 2 rings (SSSR count). The fraction of sp³-hybridized carbons (Fsp3) is 0.294. The summed E-state index contributed by atoms with van der Waals surface area (Å²) in [6.45, 7) is 2.41. The van der Waals surface area contributed by atoms with Gasteiger partial charge in [0.1, 0.15) is 12.4 Å². The minimum absolute atomic E-state index is 0.0328. The summed E-state index contributed by atoms with van der Waals surface area (Å²) >= 11 is 0. The zero-order valence-electron chi connectivity index (χ0n) is 12.6. The van der Waals surface area contributed by atoms with Crippen LogP contribution in [0.2, 0.25) is 0 Å². The predicted octanol–water partition coefficient (Wildman–Crippen LogP) is 3.30. The summed E-state index contributed by atoms with van der Waals surface area (Å²) in [6.07, 6.45) is 0. The van der Waals surface area contributed by atoms with Gasteiger partial charge in [-0.15, -0.1) is 0 Å². The van der Waals surface area contributed by atoms with Gasteiger partial charge < -0.3 is 19.9 Å². The van der Waals surface area contributed by atoms with Crippen molar-refractivity contribution in [1.82, 2.24) is 0 Å². The van der Waals surface area contributed by atoms with Crippen LogP contribution in [0.3, 0.4) is 0 Å². The minimum atomic E-state index is -0.0328. The van der Waals surface area contributed by atoms with Gasteiger partial charge in [0.2, 0.25) is 0 Å². The number of benzene rings is 2. The van der Waals surface area contributed by atoms with E-state index in [0.717, 1.165) is 16.9 Å². The Morgan fingerprint density at radius 2 is 1.67 bits per heavy atom. The molecule has 0 radical (unpaired) electrons. The number of ether oxygens (including phenoxy) is 3. The maximum Gasteiger partial charge on any atom is 0.161 e. The van der Waals surface area contributed by atoms with Crippen molar-refractivity contribution in [1.29, 1.82) is 0 Å². The second-order valence-corrected chi connectivity index (χ2v) is 4.84. The van der Waals surface area contributed by atoms with Gasteiger partial charge in [0.15, 0.2) is 11.5 Å². The van der Waals surface area contributed by atoms with Crippen molar-refractivity contribution in [2.45, 2.75) is 19.6 Å². The van der Waals surface area contributed by atoms with Crippen molar-refractivity contribution < 1.29 is 14.2 Å². The van der Waals surface area contributed by atoms with Crippen molar-refractivity contribution in [2.24, 2.45) is 5.73 Å². The van der Waals surface area contributed by atoms with Gasteiger partial charge in [-0.3, -0.25) is 0 Å². The molecule has 0 aliphatic heterocycles. The van der Waals surface area contributed by atoms with E-state index in [4.69, 9.17) is 19.9 Å². The quantitative estimate of drug-likeness (QED) is 0.885. The van der Waals surface area contributed by atoms with Crippen LogP contribution in [-0.4, -0.2) is 14.2 Å². The fourth-order valence-corrected chi connectivity index (χ4v) is 1.97. The second-order valence-electron chi connectivity index (χ2n) is 4.84. The molecule has 0 aliphatic rings. The fourth-order valence-electron chi connectivity index (χ4n) is 1.97. The van der Waals surface area contributed by atoms with Crippen LogP contribution in [0.25, 0.3) is 0 Å². The topological polar surface area (TPSA) is 53.7 Å². The molecule has 2 aromatic rings. The van der Waals surface area contributed by atoms with Gasteiger partial charge in [0.05, 0.1) is 14.2 Å². The number of hydrogen-bond donors (Lipinski definition) is 1. The highest BCUT2D eigenvalue weighted by molar-refractivity contribution is 5.44. The Morgan fingerprint density at radius 3 is 2.24 bits per heavy atom. The van der Waals surface area contributed by atoms with Crippen LogP contribution in [0.4, 0.5) is 0 Å². The Kier molecular flexibility index (Phi) is 5.06. The molecule has 0 fully saturated rings. The van der Waals surface area contributed by atoms with Crippen molar-refractivity contribution in [3.63, 3.8) is 0 Å². The van der Waals surface area contributed by atoms with Gasteiger partial charge in [-0.2, -0.15) is 0 Å². The summed E-state index contributed by atoms with van der Waals surface area (Å²) in [5.74, 6) is 2.23. The van der Waals surface area contributed by atoms with E-state index < -0.39 is 0 Å². The molecule has 0 spiro atoms. The van der Waals surface area contributed by atoms with Gasteiger partial charge in [-0.1, -0.05) is 18.2 Å². The van der Waals surface area contributed by atoms with E-state index in [1.165, 1.54) is 0 Å². The summed E-state index contributed by atoms with van der Waals surface area (Å²) in [5, 5.41) is 0. The lowest BCUT2D eigenvalue weighted by molar-refractivity contribution is 0.284. The first-order valence-corrected chi connectivity index (χ1v) is 6.83. The molecule has 0 aromatic heterocycles. The van der Waals surface area contributed by atoms with Crippen LogP contribution in [0.15, 0.2) is 42.5 Å². The Labute approximate surface area is 125 Å². The van der Waals surface area contributed by atoms with Crippen molar-refractivity contribution in [3.05, 3.63) is 53.6 Å². The van der Waals surface area contributed by atoms with Gasteiger partial charge in [0, 0.05) is 6.04 Å². The molecule has 0 aliphatic carbocycles. The molecule has 1 atom stereocenters. The van der Waals surface area contributed by atoms with E-state index in [9.17, 15) is 0 Å². The van der Waals surface area contributed by atoms with Crippen LogP contribution >= 0.6 is 0 Å². The monoisotopic (exact) mass is 287 g/mol. The molecule has 0 saturated heterocycles. The van der Waals surface area contributed by atoms with E-state index >= 15 is 0 Å². The van der Waals surface area contributed by atoms with Crippen LogP contribution in [0.5, 0.6) is 17.2 Å². The Hall–Kier alpha value is -2.20. The van der Waals surface area contributed by atoms with Crippen LogP contribution in [-0.2, 0) is 6.61 Å². The van der Waals surface area contributed by atoms with E-state index in [1.807, 2.05) is 49.4 Å². The molecule has 0 unspecified atom stereocenters. The Bertz CT molecular complexity index is 579. The smallest absolute Gasteiger partial charge is 0.161 e. The van der Waals surface area contributed by atoms with E-state index in [-0.39, 0.29) is 6.04 Å². The number of nitrogens with two attached hydrogens (primary N) is 1. The first-order chi connectivity index (χ1) is 10.1. The summed E-state index contributed by atoms with van der Waals surface area (Å²) in [5.41, 5.74) is 7.95. The third-order valence-electron chi connectivity index (χ3n) is 3.27. The lowest BCUT2D eigenvalue weighted by Gasteiger charge is -2.14. The van der Waals surface area contributed by atoms with Gasteiger partial charge >= 0.3 is 0 Å². The molecule has 0 heterocycles. The van der Waals surface area contributed by atoms with Crippen molar-refractivity contribution in [2.75, 3.05) is 14.2 Å². The molecule has 2 aromatic carbocycles. The van der Waals surface area contributed by atoms with Crippen LogP contribution in [0.1, 0.15) is 24.1 Å². The SMILES string of the molecule is COc1ccc(COc2ccc([C@H](C)N)cc2OC)cc1. The first-order valence-electron chi connectivity index (χ1n) is 6.83. The summed E-state index contributed by atoms with van der Waals surface area (Å²) < 4.78 is 16.3. The number of rotatable bonds is 6. The number of hydrogen-bond acceptors (Lipinski definition) is 4. The van der Waals surface area contributed by atoms with Gasteiger partial charge in [0.25, 0.3) is 0 Å². The molecule has 21 heavy (non-hydrogen) atoms. The highest BCUT2D eigenvalue weighted by Crippen LogP contribution is 2.30.